The summed E-state index contributed by atoms with van der Waals surface area (Å²) in [5.74, 6) is 1.27. The van der Waals surface area contributed by atoms with Crippen molar-refractivity contribution in [1.82, 2.24) is 0 Å². The van der Waals surface area contributed by atoms with E-state index in [1.165, 1.54) is 0 Å². The van der Waals surface area contributed by atoms with Gasteiger partial charge in [-0.3, -0.25) is 0 Å². The Morgan fingerprint density at radius 3 is 2.54 bits per heavy atom. The molecule has 0 bridgehead atoms. The van der Waals surface area contributed by atoms with Crippen molar-refractivity contribution in [3.05, 3.63) is 35.1 Å². The standard InChI is InChI=1S/C9H6F3N/c10-7-4-6(2-1-3-13)9(12)8(11)5-7/h4-5H,3,13H2. The van der Waals surface area contributed by atoms with Crippen LogP contribution in [0.25, 0.3) is 0 Å². The zero-order chi connectivity index (χ0) is 9.84. The third kappa shape index (κ3) is 2.23. The summed E-state index contributed by atoms with van der Waals surface area (Å²) >= 11 is 0. The molecule has 13 heavy (non-hydrogen) atoms. The third-order valence-corrected chi connectivity index (χ3v) is 1.32. The minimum atomic E-state index is -1.25. The lowest BCUT2D eigenvalue weighted by Crippen LogP contribution is -1.95. The van der Waals surface area contributed by atoms with Gasteiger partial charge in [-0.1, -0.05) is 11.8 Å². The fourth-order valence-corrected chi connectivity index (χ4v) is 0.793. The van der Waals surface area contributed by atoms with Crippen LogP contribution in [0.1, 0.15) is 5.56 Å². The lowest BCUT2D eigenvalue weighted by atomic mass is 10.2. The molecule has 0 atom stereocenters. The van der Waals surface area contributed by atoms with Gasteiger partial charge in [0.15, 0.2) is 11.6 Å². The van der Waals surface area contributed by atoms with E-state index in [1.807, 2.05) is 0 Å². The van der Waals surface area contributed by atoms with Crippen molar-refractivity contribution in [3.8, 4) is 11.8 Å². The van der Waals surface area contributed by atoms with Crippen LogP contribution in [0.2, 0.25) is 0 Å². The molecule has 1 aromatic rings. The van der Waals surface area contributed by atoms with E-state index >= 15 is 0 Å². The van der Waals surface area contributed by atoms with Gasteiger partial charge in [0.25, 0.3) is 0 Å². The first-order valence-electron chi connectivity index (χ1n) is 3.48. The summed E-state index contributed by atoms with van der Waals surface area (Å²) in [5, 5.41) is 0. The SMILES string of the molecule is NCC#Cc1cc(F)cc(F)c1F. The van der Waals surface area contributed by atoms with Gasteiger partial charge in [0.2, 0.25) is 0 Å². The van der Waals surface area contributed by atoms with Gasteiger partial charge in [0, 0.05) is 6.07 Å². The Balaban J connectivity index is 3.20. The molecule has 1 aromatic carbocycles. The zero-order valence-corrected chi connectivity index (χ0v) is 6.57. The Kier molecular flexibility index (Phi) is 2.93. The monoisotopic (exact) mass is 185 g/mol. The van der Waals surface area contributed by atoms with Crippen LogP contribution < -0.4 is 5.73 Å². The molecule has 0 heterocycles. The van der Waals surface area contributed by atoms with E-state index in [0.29, 0.717) is 6.07 Å². The summed E-state index contributed by atoms with van der Waals surface area (Å²) < 4.78 is 37.9. The van der Waals surface area contributed by atoms with Gasteiger partial charge in [0.1, 0.15) is 5.82 Å². The van der Waals surface area contributed by atoms with E-state index in [0.717, 1.165) is 6.07 Å². The minimum absolute atomic E-state index is 0.0115. The highest BCUT2D eigenvalue weighted by Gasteiger charge is 2.08. The number of hydrogen-bond donors (Lipinski definition) is 1. The Labute approximate surface area is 73.4 Å². The Hall–Kier alpha value is -1.47. The number of rotatable bonds is 0. The second kappa shape index (κ2) is 3.97. The lowest BCUT2D eigenvalue weighted by molar-refractivity contribution is 0.492. The lowest BCUT2D eigenvalue weighted by Gasteiger charge is -1.96. The van der Waals surface area contributed by atoms with E-state index in [2.05, 4.69) is 11.8 Å². The minimum Gasteiger partial charge on any atom is -0.320 e. The summed E-state index contributed by atoms with van der Waals surface area (Å²) in [6.07, 6.45) is 0. The van der Waals surface area contributed by atoms with Crippen LogP contribution in [0, 0.1) is 29.3 Å². The molecule has 0 aliphatic heterocycles. The van der Waals surface area contributed by atoms with Crippen molar-refractivity contribution in [2.45, 2.75) is 0 Å². The Bertz CT molecular complexity index is 376. The van der Waals surface area contributed by atoms with Crippen molar-refractivity contribution >= 4 is 0 Å². The average molecular weight is 185 g/mol. The number of hydrogen-bond acceptors (Lipinski definition) is 1. The smallest absolute Gasteiger partial charge is 0.174 e. The topological polar surface area (TPSA) is 26.0 Å². The van der Waals surface area contributed by atoms with Crippen molar-refractivity contribution in [2.24, 2.45) is 5.73 Å². The second-order valence-electron chi connectivity index (χ2n) is 2.26. The van der Waals surface area contributed by atoms with Gasteiger partial charge in [0.05, 0.1) is 12.1 Å². The Morgan fingerprint density at radius 1 is 1.23 bits per heavy atom. The first kappa shape index (κ1) is 9.62. The van der Waals surface area contributed by atoms with Gasteiger partial charge in [-0.2, -0.15) is 0 Å². The summed E-state index contributed by atoms with van der Waals surface area (Å²) in [7, 11) is 0. The molecule has 1 nitrogen and oxygen atoms in total. The fourth-order valence-electron chi connectivity index (χ4n) is 0.793. The summed E-state index contributed by atoms with van der Waals surface area (Å²) in [6, 6.07) is 1.28. The number of nitrogens with two attached hydrogens (primary N) is 1. The highest BCUT2D eigenvalue weighted by atomic mass is 19.2. The predicted octanol–water partition coefficient (Wildman–Crippen LogP) is 1.41. The van der Waals surface area contributed by atoms with Crippen LogP contribution in [0.5, 0.6) is 0 Å². The maximum absolute atomic E-state index is 12.8. The van der Waals surface area contributed by atoms with E-state index in [-0.39, 0.29) is 12.1 Å². The Morgan fingerprint density at radius 2 is 1.92 bits per heavy atom. The molecule has 0 aliphatic carbocycles. The number of benzene rings is 1. The molecule has 0 fully saturated rings. The molecular weight excluding hydrogens is 179 g/mol. The van der Waals surface area contributed by atoms with Gasteiger partial charge < -0.3 is 5.73 Å². The van der Waals surface area contributed by atoms with Gasteiger partial charge >= 0.3 is 0 Å². The molecule has 0 radical (unpaired) electrons. The van der Waals surface area contributed by atoms with Crippen LogP contribution in [-0.4, -0.2) is 6.54 Å². The van der Waals surface area contributed by atoms with Crippen molar-refractivity contribution in [3.63, 3.8) is 0 Å². The van der Waals surface area contributed by atoms with Gasteiger partial charge in [-0.05, 0) is 6.07 Å². The van der Waals surface area contributed by atoms with Crippen LogP contribution in [0.15, 0.2) is 12.1 Å². The molecular formula is C9H6F3N. The van der Waals surface area contributed by atoms with Crippen LogP contribution in [-0.2, 0) is 0 Å². The summed E-state index contributed by atoms with van der Waals surface area (Å²) in [6.45, 7) is 0.0115. The zero-order valence-electron chi connectivity index (χ0n) is 6.57. The van der Waals surface area contributed by atoms with E-state index in [4.69, 9.17) is 5.73 Å². The van der Waals surface area contributed by atoms with E-state index in [1.54, 1.807) is 0 Å². The van der Waals surface area contributed by atoms with Crippen molar-refractivity contribution in [2.75, 3.05) is 6.54 Å². The normalized spacial score (nSPS) is 9.23. The molecule has 0 spiro atoms. The van der Waals surface area contributed by atoms with Crippen LogP contribution in [0.3, 0.4) is 0 Å². The van der Waals surface area contributed by atoms with Gasteiger partial charge in [-0.25, -0.2) is 13.2 Å². The predicted molar refractivity (Wildman–Crippen MR) is 42.2 cm³/mol. The fraction of sp³-hybridized carbons (Fsp3) is 0.111. The number of halogens is 3. The van der Waals surface area contributed by atoms with Crippen molar-refractivity contribution in [1.29, 1.82) is 0 Å². The van der Waals surface area contributed by atoms with E-state index < -0.39 is 17.5 Å². The van der Waals surface area contributed by atoms with Crippen LogP contribution in [0.4, 0.5) is 13.2 Å². The molecule has 4 heteroatoms. The molecule has 2 N–H and O–H groups in total. The first-order valence-corrected chi connectivity index (χ1v) is 3.48. The molecule has 0 aliphatic rings. The summed E-state index contributed by atoms with van der Waals surface area (Å²) in [5.41, 5.74) is 4.70. The molecule has 1 rings (SSSR count). The summed E-state index contributed by atoms with van der Waals surface area (Å²) in [4.78, 5) is 0. The first-order chi connectivity index (χ1) is 6.15. The van der Waals surface area contributed by atoms with Gasteiger partial charge in [-0.15, -0.1) is 0 Å². The molecule has 0 unspecified atom stereocenters. The maximum atomic E-state index is 12.8. The quantitative estimate of drug-likeness (QED) is 0.480. The van der Waals surface area contributed by atoms with E-state index in [9.17, 15) is 13.2 Å². The molecule has 68 valence electrons. The molecule has 0 aromatic heterocycles. The molecule has 0 saturated heterocycles. The van der Waals surface area contributed by atoms with Crippen LogP contribution >= 0.6 is 0 Å². The highest BCUT2D eigenvalue weighted by Crippen LogP contribution is 2.12. The second-order valence-corrected chi connectivity index (χ2v) is 2.26. The molecule has 0 saturated carbocycles. The largest absolute Gasteiger partial charge is 0.320 e. The molecule has 0 amide bonds. The maximum Gasteiger partial charge on any atom is 0.174 e. The highest BCUT2D eigenvalue weighted by molar-refractivity contribution is 5.36. The third-order valence-electron chi connectivity index (χ3n) is 1.32. The van der Waals surface area contributed by atoms with Crippen molar-refractivity contribution < 1.29 is 13.2 Å². The average Bonchev–Trinajstić information content (AvgIpc) is 2.09.